The van der Waals surface area contributed by atoms with Crippen LogP contribution >= 0.6 is 39.9 Å². The first-order valence-electron chi connectivity index (χ1n) is 7.80. The molecule has 3 rings (SSSR count). The Hall–Kier alpha value is -0.410. The largest absolute Gasteiger partial charge is 0.352 e. The fourth-order valence-corrected chi connectivity index (χ4v) is 3.48. The molecule has 1 aromatic rings. The molecule has 0 spiro atoms. The second-order valence-corrected chi connectivity index (χ2v) is 6.98. The average molecular weight is 497 g/mol. The molecule has 2 fully saturated rings. The molecule has 1 atom stereocenters. The Morgan fingerprint density at radius 2 is 2.13 bits per heavy atom. The fraction of sp³-hybridized carbons (Fsp3) is 0.562. The molecular formula is C16H23BrFIN4. The van der Waals surface area contributed by atoms with Gasteiger partial charge in [0, 0.05) is 43.2 Å². The number of nitrogens with one attached hydrogen (secondary N) is 2. The van der Waals surface area contributed by atoms with Gasteiger partial charge in [0.2, 0.25) is 0 Å². The van der Waals surface area contributed by atoms with Crippen LogP contribution in [-0.2, 0) is 6.54 Å². The van der Waals surface area contributed by atoms with E-state index in [9.17, 15) is 4.39 Å². The lowest BCUT2D eigenvalue weighted by molar-refractivity contribution is 0.321. The number of likely N-dealkylation sites (tertiary alicyclic amines) is 1. The monoisotopic (exact) mass is 496 g/mol. The number of nitrogens with zero attached hydrogens (tertiary/aromatic N) is 2. The lowest BCUT2D eigenvalue weighted by Crippen LogP contribution is -2.44. The standard InChI is InChI=1S/C16H22BrFN4.HI/c1-19-16(20-9-11-6-12(17)8-13(18)7-11)21-14-4-5-22(10-14)15-2-3-15;/h6-8,14-15H,2-5,9-10H2,1H3,(H2,19,20,21);1H. The quantitative estimate of drug-likeness (QED) is 0.382. The van der Waals surface area contributed by atoms with Crippen molar-refractivity contribution < 1.29 is 4.39 Å². The molecule has 1 aliphatic heterocycles. The molecule has 0 bridgehead atoms. The number of guanidine groups is 1. The van der Waals surface area contributed by atoms with Gasteiger partial charge >= 0.3 is 0 Å². The predicted octanol–water partition coefficient (Wildman–Crippen LogP) is 3.11. The van der Waals surface area contributed by atoms with E-state index in [2.05, 4.69) is 36.5 Å². The molecule has 1 unspecified atom stereocenters. The fourth-order valence-electron chi connectivity index (χ4n) is 2.96. The zero-order chi connectivity index (χ0) is 15.5. The van der Waals surface area contributed by atoms with Crippen LogP contribution in [0.4, 0.5) is 4.39 Å². The van der Waals surface area contributed by atoms with Crippen LogP contribution in [0.2, 0.25) is 0 Å². The molecule has 1 aliphatic carbocycles. The maximum Gasteiger partial charge on any atom is 0.191 e. The van der Waals surface area contributed by atoms with Gasteiger partial charge in [-0.05, 0) is 43.0 Å². The average Bonchev–Trinajstić information content (AvgIpc) is 3.22. The number of rotatable bonds is 4. The molecule has 128 valence electrons. The number of aliphatic imine (C=N–C) groups is 1. The minimum absolute atomic E-state index is 0. The Morgan fingerprint density at radius 3 is 2.78 bits per heavy atom. The zero-order valence-electron chi connectivity index (χ0n) is 13.2. The third kappa shape index (κ3) is 5.56. The molecule has 2 N–H and O–H groups in total. The van der Waals surface area contributed by atoms with Crippen molar-refractivity contribution >= 4 is 45.9 Å². The highest BCUT2D eigenvalue weighted by molar-refractivity contribution is 14.0. The van der Waals surface area contributed by atoms with Crippen molar-refractivity contribution in [2.75, 3.05) is 20.1 Å². The zero-order valence-corrected chi connectivity index (χ0v) is 17.1. The van der Waals surface area contributed by atoms with Crippen LogP contribution in [0, 0.1) is 5.82 Å². The van der Waals surface area contributed by atoms with Crippen molar-refractivity contribution in [3.8, 4) is 0 Å². The molecule has 1 aromatic carbocycles. The maximum atomic E-state index is 13.4. The van der Waals surface area contributed by atoms with E-state index < -0.39 is 0 Å². The summed E-state index contributed by atoms with van der Waals surface area (Å²) in [6.45, 7) is 2.82. The van der Waals surface area contributed by atoms with E-state index in [1.165, 1.54) is 31.5 Å². The highest BCUT2D eigenvalue weighted by atomic mass is 127. The van der Waals surface area contributed by atoms with Gasteiger partial charge < -0.3 is 10.6 Å². The predicted molar refractivity (Wildman–Crippen MR) is 106 cm³/mol. The summed E-state index contributed by atoms with van der Waals surface area (Å²) in [5.74, 6) is 0.549. The summed E-state index contributed by atoms with van der Waals surface area (Å²) in [5, 5.41) is 6.73. The molecule has 7 heteroatoms. The maximum absolute atomic E-state index is 13.4. The smallest absolute Gasteiger partial charge is 0.191 e. The molecule has 1 saturated carbocycles. The lowest BCUT2D eigenvalue weighted by atomic mass is 10.2. The normalized spacial score (nSPS) is 21.9. The van der Waals surface area contributed by atoms with Crippen LogP contribution < -0.4 is 10.6 Å². The second kappa shape index (κ2) is 8.62. The highest BCUT2D eigenvalue weighted by Gasteiger charge is 2.34. The Bertz CT molecular complexity index is 545. The van der Waals surface area contributed by atoms with Crippen LogP contribution in [0.3, 0.4) is 0 Å². The Balaban J connectivity index is 0.00000192. The van der Waals surface area contributed by atoms with E-state index in [0.29, 0.717) is 12.6 Å². The first-order chi connectivity index (χ1) is 10.6. The van der Waals surface area contributed by atoms with Gasteiger partial charge in [0.25, 0.3) is 0 Å². The molecule has 2 aliphatic rings. The summed E-state index contributed by atoms with van der Waals surface area (Å²) in [7, 11) is 1.77. The Kier molecular flexibility index (Phi) is 7.09. The summed E-state index contributed by atoms with van der Waals surface area (Å²) in [6, 6.07) is 6.18. The summed E-state index contributed by atoms with van der Waals surface area (Å²) in [6.07, 6.45) is 3.87. The van der Waals surface area contributed by atoms with Gasteiger partial charge in [0.05, 0.1) is 0 Å². The molecule has 1 saturated heterocycles. The van der Waals surface area contributed by atoms with Gasteiger partial charge in [0.1, 0.15) is 5.82 Å². The molecular weight excluding hydrogens is 474 g/mol. The first-order valence-corrected chi connectivity index (χ1v) is 8.59. The van der Waals surface area contributed by atoms with Gasteiger partial charge in [-0.25, -0.2) is 4.39 Å². The summed E-state index contributed by atoms with van der Waals surface area (Å²) >= 11 is 3.31. The minimum Gasteiger partial charge on any atom is -0.352 e. The number of benzene rings is 1. The van der Waals surface area contributed by atoms with Crippen LogP contribution in [-0.4, -0.2) is 43.1 Å². The van der Waals surface area contributed by atoms with Gasteiger partial charge in [0.15, 0.2) is 5.96 Å². The van der Waals surface area contributed by atoms with E-state index in [1.54, 1.807) is 7.05 Å². The number of halogens is 3. The van der Waals surface area contributed by atoms with Crippen molar-refractivity contribution in [1.82, 2.24) is 15.5 Å². The Morgan fingerprint density at radius 1 is 1.35 bits per heavy atom. The number of hydrogen-bond acceptors (Lipinski definition) is 2. The third-order valence-electron chi connectivity index (χ3n) is 4.23. The third-order valence-corrected chi connectivity index (χ3v) is 4.69. The van der Waals surface area contributed by atoms with Gasteiger partial charge in [-0.2, -0.15) is 0 Å². The molecule has 0 radical (unpaired) electrons. The van der Waals surface area contributed by atoms with E-state index in [-0.39, 0.29) is 29.8 Å². The van der Waals surface area contributed by atoms with Crippen molar-refractivity contribution in [3.05, 3.63) is 34.1 Å². The van der Waals surface area contributed by atoms with Crippen LogP contribution in [0.25, 0.3) is 0 Å². The van der Waals surface area contributed by atoms with Crippen LogP contribution in [0.5, 0.6) is 0 Å². The van der Waals surface area contributed by atoms with Gasteiger partial charge in [-0.3, -0.25) is 9.89 Å². The van der Waals surface area contributed by atoms with E-state index in [1.807, 2.05) is 6.07 Å². The lowest BCUT2D eigenvalue weighted by Gasteiger charge is -2.18. The molecule has 1 heterocycles. The van der Waals surface area contributed by atoms with Crippen molar-refractivity contribution in [3.63, 3.8) is 0 Å². The molecule has 4 nitrogen and oxygen atoms in total. The van der Waals surface area contributed by atoms with Crippen molar-refractivity contribution in [1.29, 1.82) is 0 Å². The minimum atomic E-state index is -0.231. The Labute approximate surface area is 162 Å². The van der Waals surface area contributed by atoms with Gasteiger partial charge in [-0.1, -0.05) is 15.9 Å². The highest BCUT2D eigenvalue weighted by Crippen LogP contribution is 2.29. The molecule has 0 aromatic heterocycles. The summed E-state index contributed by atoms with van der Waals surface area (Å²) in [5.41, 5.74) is 0.890. The van der Waals surface area contributed by atoms with E-state index in [0.717, 1.165) is 35.0 Å². The van der Waals surface area contributed by atoms with Crippen LogP contribution in [0.15, 0.2) is 27.7 Å². The summed E-state index contributed by atoms with van der Waals surface area (Å²) < 4.78 is 14.1. The van der Waals surface area contributed by atoms with E-state index >= 15 is 0 Å². The SMILES string of the molecule is CN=C(NCc1cc(F)cc(Br)c1)NC1CCN(C2CC2)C1.I. The van der Waals surface area contributed by atoms with E-state index in [4.69, 9.17) is 0 Å². The first kappa shape index (κ1) is 18.9. The molecule has 0 amide bonds. The summed E-state index contributed by atoms with van der Waals surface area (Å²) in [4.78, 5) is 6.83. The molecule has 23 heavy (non-hydrogen) atoms. The topological polar surface area (TPSA) is 39.7 Å². The van der Waals surface area contributed by atoms with Gasteiger partial charge in [-0.15, -0.1) is 24.0 Å². The number of hydrogen-bond donors (Lipinski definition) is 2. The second-order valence-electron chi connectivity index (χ2n) is 6.06. The van der Waals surface area contributed by atoms with Crippen molar-refractivity contribution in [2.24, 2.45) is 4.99 Å². The van der Waals surface area contributed by atoms with Crippen molar-refractivity contribution in [2.45, 2.75) is 37.9 Å². The van der Waals surface area contributed by atoms with Crippen LogP contribution in [0.1, 0.15) is 24.8 Å².